The van der Waals surface area contributed by atoms with E-state index in [0.717, 1.165) is 11.1 Å². The highest BCUT2D eigenvalue weighted by atomic mass is 32.2. The van der Waals surface area contributed by atoms with Gasteiger partial charge in [0.15, 0.2) is 6.29 Å². The minimum absolute atomic E-state index is 0.0308. The summed E-state index contributed by atoms with van der Waals surface area (Å²) in [4.78, 5) is 13.3. The van der Waals surface area contributed by atoms with E-state index < -0.39 is 58.9 Å². The zero-order chi connectivity index (χ0) is 29.8. The summed E-state index contributed by atoms with van der Waals surface area (Å²) in [6, 6.07) is 15.7. The highest BCUT2D eigenvalue weighted by Gasteiger charge is 2.58. The first-order valence-electron chi connectivity index (χ1n) is 14.0. The summed E-state index contributed by atoms with van der Waals surface area (Å²) in [7, 11) is -3.94. The van der Waals surface area contributed by atoms with Crippen molar-refractivity contribution in [3.63, 3.8) is 0 Å². The molecule has 2 saturated heterocycles. The standard InChI is InChI=1S/C30H39F2NO7S/c1-20(2)17-33(41(36,37)24-11-9-21(3)10-12-24)18-25(34)23(15-22-7-5-4-6-8-22)16-27(35)40-26-13-14-38-29-28(26)30(31,32)19-39-29/h4-12,20,23,25-26,28-29,34H,13-19H2,1-3H3/t23-,25-,26+,28+,29+/m1/s1. The second-order valence-corrected chi connectivity index (χ2v) is 13.3. The van der Waals surface area contributed by atoms with Crippen LogP contribution in [-0.2, 0) is 35.4 Å². The number of ether oxygens (including phenoxy) is 3. The van der Waals surface area contributed by atoms with E-state index in [1.807, 2.05) is 51.1 Å². The Kier molecular flexibility index (Phi) is 10.2. The Labute approximate surface area is 240 Å². The number of hydrogen-bond acceptors (Lipinski definition) is 7. The van der Waals surface area contributed by atoms with Crippen LogP contribution in [0.5, 0.6) is 0 Å². The number of halogens is 2. The second kappa shape index (κ2) is 13.2. The van der Waals surface area contributed by atoms with E-state index in [1.54, 1.807) is 12.1 Å². The third kappa shape index (κ3) is 7.90. The maximum Gasteiger partial charge on any atom is 0.306 e. The average molecular weight is 596 g/mol. The van der Waals surface area contributed by atoms with E-state index in [9.17, 15) is 27.1 Å². The predicted molar refractivity (Wildman–Crippen MR) is 148 cm³/mol. The molecule has 2 aromatic carbocycles. The van der Waals surface area contributed by atoms with Crippen molar-refractivity contribution >= 4 is 16.0 Å². The summed E-state index contributed by atoms with van der Waals surface area (Å²) in [6.45, 7) is 4.86. The predicted octanol–water partition coefficient (Wildman–Crippen LogP) is 4.19. The first kappa shape index (κ1) is 31.5. The van der Waals surface area contributed by atoms with Crippen LogP contribution in [0.3, 0.4) is 0 Å². The van der Waals surface area contributed by atoms with E-state index in [1.165, 1.54) is 16.4 Å². The van der Waals surface area contributed by atoms with Gasteiger partial charge in [0.1, 0.15) is 18.6 Å². The van der Waals surface area contributed by atoms with Gasteiger partial charge in [-0.1, -0.05) is 61.9 Å². The van der Waals surface area contributed by atoms with Crippen molar-refractivity contribution in [2.45, 2.75) is 69.3 Å². The smallest absolute Gasteiger partial charge is 0.306 e. The molecule has 2 fully saturated rings. The molecule has 0 aromatic heterocycles. The number of aryl methyl sites for hydroxylation is 1. The summed E-state index contributed by atoms with van der Waals surface area (Å²) in [6.07, 6.45) is -3.38. The molecule has 0 spiro atoms. The minimum atomic E-state index is -3.94. The summed E-state index contributed by atoms with van der Waals surface area (Å²) in [5.74, 6) is -6.10. The maximum atomic E-state index is 14.5. The summed E-state index contributed by atoms with van der Waals surface area (Å²) in [5, 5.41) is 11.4. The van der Waals surface area contributed by atoms with E-state index in [0.29, 0.717) is 0 Å². The van der Waals surface area contributed by atoms with Gasteiger partial charge < -0.3 is 19.3 Å². The van der Waals surface area contributed by atoms with Crippen LogP contribution in [0.15, 0.2) is 59.5 Å². The van der Waals surface area contributed by atoms with Gasteiger partial charge >= 0.3 is 5.97 Å². The number of esters is 1. The molecule has 226 valence electrons. The molecule has 0 radical (unpaired) electrons. The summed E-state index contributed by atoms with van der Waals surface area (Å²) >= 11 is 0. The normalized spacial score (nSPS) is 23.8. The van der Waals surface area contributed by atoms with E-state index in [4.69, 9.17) is 14.2 Å². The van der Waals surface area contributed by atoms with Crippen molar-refractivity contribution in [2.75, 3.05) is 26.3 Å². The maximum absolute atomic E-state index is 14.5. The van der Waals surface area contributed by atoms with Crippen LogP contribution in [-0.4, -0.2) is 74.5 Å². The Morgan fingerprint density at radius 3 is 2.44 bits per heavy atom. The van der Waals surface area contributed by atoms with Crippen LogP contribution in [0.4, 0.5) is 8.78 Å². The molecule has 0 saturated carbocycles. The second-order valence-electron chi connectivity index (χ2n) is 11.4. The highest BCUT2D eigenvalue weighted by Crippen LogP contribution is 2.43. The van der Waals surface area contributed by atoms with Crippen molar-refractivity contribution in [2.24, 2.45) is 17.8 Å². The highest BCUT2D eigenvalue weighted by molar-refractivity contribution is 7.89. The molecule has 41 heavy (non-hydrogen) atoms. The fourth-order valence-electron chi connectivity index (χ4n) is 5.39. The Hall–Kier alpha value is -2.44. The zero-order valence-corrected chi connectivity index (χ0v) is 24.4. The lowest BCUT2D eigenvalue weighted by Gasteiger charge is -2.35. The first-order valence-corrected chi connectivity index (χ1v) is 15.4. The van der Waals surface area contributed by atoms with E-state index in [2.05, 4.69) is 0 Å². The summed E-state index contributed by atoms with van der Waals surface area (Å²) < 4.78 is 73.3. The molecule has 0 unspecified atom stereocenters. The molecule has 11 heteroatoms. The lowest BCUT2D eigenvalue weighted by atomic mass is 9.90. The van der Waals surface area contributed by atoms with Gasteiger partial charge in [-0.3, -0.25) is 4.79 Å². The largest absolute Gasteiger partial charge is 0.462 e. The number of hydrogen-bond donors (Lipinski definition) is 1. The molecular weight excluding hydrogens is 556 g/mol. The molecule has 8 nitrogen and oxygen atoms in total. The molecule has 2 aliphatic rings. The Balaban J connectivity index is 1.53. The van der Waals surface area contributed by atoms with Gasteiger partial charge in [0.2, 0.25) is 10.0 Å². The van der Waals surface area contributed by atoms with Crippen LogP contribution in [0.1, 0.15) is 37.8 Å². The average Bonchev–Trinajstić information content (AvgIpc) is 3.23. The van der Waals surface area contributed by atoms with Gasteiger partial charge in [-0.25, -0.2) is 17.2 Å². The molecule has 5 atom stereocenters. The van der Waals surface area contributed by atoms with Crippen LogP contribution in [0, 0.1) is 24.7 Å². The van der Waals surface area contributed by atoms with Gasteiger partial charge in [0.05, 0.1) is 24.0 Å². The SMILES string of the molecule is Cc1ccc(S(=O)(=O)N(CC(C)C)C[C@@H](O)[C@@H](CC(=O)O[C@H]2CCO[C@H]3OCC(F)(F)[C@H]32)Cc2ccccc2)cc1. The molecule has 4 rings (SSSR count). The van der Waals surface area contributed by atoms with Crippen LogP contribution < -0.4 is 0 Å². The number of aliphatic hydroxyl groups is 1. The van der Waals surface area contributed by atoms with Gasteiger partial charge in [0.25, 0.3) is 5.92 Å². The third-order valence-electron chi connectivity index (χ3n) is 7.52. The number of sulfonamides is 1. The van der Waals surface area contributed by atoms with Gasteiger partial charge in [-0.2, -0.15) is 4.31 Å². The molecule has 0 aliphatic carbocycles. The van der Waals surface area contributed by atoms with Crippen LogP contribution in [0.2, 0.25) is 0 Å². The Bertz CT molecular complexity index is 1260. The molecule has 0 amide bonds. The quantitative estimate of drug-likeness (QED) is 0.367. The number of benzene rings is 2. The lowest BCUT2D eigenvalue weighted by molar-refractivity contribution is -0.208. The van der Waals surface area contributed by atoms with E-state index in [-0.39, 0.29) is 49.8 Å². The molecule has 1 N–H and O–H groups in total. The topological polar surface area (TPSA) is 102 Å². The fourth-order valence-corrected chi connectivity index (χ4v) is 7.01. The van der Waals surface area contributed by atoms with Gasteiger partial charge in [-0.15, -0.1) is 0 Å². The summed E-state index contributed by atoms with van der Waals surface area (Å²) in [5.41, 5.74) is 1.75. The number of fused-ring (bicyclic) bond motifs is 1. The molecule has 0 bridgehead atoms. The molecule has 2 heterocycles. The molecule has 2 aromatic rings. The van der Waals surface area contributed by atoms with E-state index >= 15 is 0 Å². The first-order chi connectivity index (χ1) is 19.4. The molecular formula is C30H39F2NO7S. The number of nitrogens with zero attached hydrogens (tertiary/aromatic N) is 1. The van der Waals surface area contributed by atoms with Gasteiger partial charge in [0, 0.05) is 25.4 Å². The zero-order valence-electron chi connectivity index (χ0n) is 23.6. The fraction of sp³-hybridized carbons (Fsp3) is 0.567. The third-order valence-corrected chi connectivity index (χ3v) is 9.37. The number of carbonyl (C=O) groups is 1. The number of alkyl halides is 2. The number of carbonyl (C=O) groups excluding carboxylic acids is 1. The van der Waals surface area contributed by atoms with Crippen molar-refractivity contribution in [1.29, 1.82) is 0 Å². The number of aliphatic hydroxyl groups excluding tert-OH is 1. The van der Waals surface area contributed by atoms with Crippen molar-refractivity contribution in [3.8, 4) is 0 Å². The van der Waals surface area contributed by atoms with Crippen molar-refractivity contribution < 1.29 is 41.3 Å². The monoisotopic (exact) mass is 595 g/mol. The van der Waals surface area contributed by atoms with Crippen LogP contribution in [0.25, 0.3) is 0 Å². The van der Waals surface area contributed by atoms with Crippen molar-refractivity contribution in [3.05, 3.63) is 65.7 Å². The minimum Gasteiger partial charge on any atom is -0.462 e. The Morgan fingerprint density at radius 2 is 1.78 bits per heavy atom. The van der Waals surface area contributed by atoms with Crippen LogP contribution >= 0.6 is 0 Å². The number of rotatable bonds is 12. The van der Waals surface area contributed by atoms with Gasteiger partial charge in [-0.05, 0) is 37.0 Å². The van der Waals surface area contributed by atoms with Crippen molar-refractivity contribution in [1.82, 2.24) is 4.31 Å². The molecule has 2 aliphatic heterocycles. The Morgan fingerprint density at radius 1 is 1.10 bits per heavy atom. The lowest BCUT2D eigenvalue weighted by Crippen LogP contribution is -2.47.